The van der Waals surface area contributed by atoms with Crippen LogP contribution in [0, 0.1) is 11.3 Å². The third kappa shape index (κ3) is 7.00. The SMILES string of the molecule is COSc1sc(-c2ccnc(Nc3cccc(OCCCNCCO)c3)n2)c(-c2cccc(O)c2)c1C#N. The molecule has 0 atom stereocenters. The smallest absolute Gasteiger partial charge is 0.227 e. The molecule has 0 fully saturated rings. The first-order valence-electron chi connectivity index (χ1n) is 11.8. The third-order valence-electron chi connectivity index (χ3n) is 5.32. The summed E-state index contributed by atoms with van der Waals surface area (Å²) < 4.78 is 11.8. The molecule has 0 aliphatic rings. The van der Waals surface area contributed by atoms with E-state index in [1.165, 1.54) is 11.3 Å². The lowest BCUT2D eigenvalue weighted by Crippen LogP contribution is -2.20. The zero-order chi connectivity index (χ0) is 26.7. The van der Waals surface area contributed by atoms with Crippen LogP contribution in [-0.2, 0) is 4.18 Å². The Morgan fingerprint density at radius 3 is 2.79 bits per heavy atom. The van der Waals surface area contributed by atoms with Gasteiger partial charge in [0.25, 0.3) is 0 Å². The molecule has 4 aromatic rings. The summed E-state index contributed by atoms with van der Waals surface area (Å²) in [6, 6.07) is 18.4. The van der Waals surface area contributed by atoms with Gasteiger partial charge in [0.2, 0.25) is 5.95 Å². The molecular weight excluding hydrogens is 522 g/mol. The number of benzene rings is 2. The molecular formula is C27H27N5O4S2. The second kappa shape index (κ2) is 13.8. The van der Waals surface area contributed by atoms with E-state index in [2.05, 4.69) is 21.7 Å². The molecule has 9 nitrogen and oxygen atoms in total. The topological polar surface area (TPSA) is 133 Å². The number of hydrogen-bond acceptors (Lipinski definition) is 11. The number of phenols is 1. The Hall–Kier alpha value is -3.66. The second-order valence-corrected chi connectivity index (χ2v) is 10.2. The molecule has 196 valence electrons. The zero-order valence-corrected chi connectivity index (χ0v) is 22.3. The Balaban J connectivity index is 1.58. The van der Waals surface area contributed by atoms with Crippen molar-refractivity contribution in [3.8, 4) is 39.3 Å². The van der Waals surface area contributed by atoms with Crippen molar-refractivity contribution in [2.45, 2.75) is 10.6 Å². The minimum Gasteiger partial charge on any atom is -0.508 e. The van der Waals surface area contributed by atoms with Crippen molar-refractivity contribution in [3.63, 3.8) is 0 Å². The predicted octanol–water partition coefficient (Wildman–Crippen LogP) is 5.20. The Morgan fingerprint density at radius 1 is 1.13 bits per heavy atom. The van der Waals surface area contributed by atoms with E-state index >= 15 is 0 Å². The van der Waals surface area contributed by atoms with E-state index in [0.717, 1.165) is 41.3 Å². The first-order valence-corrected chi connectivity index (χ1v) is 13.4. The fourth-order valence-corrected chi connectivity index (χ4v) is 5.64. The van der Waals surface area contributed by atoms with Gasteiger partial charge in [0, 0.05) is 42.1 Å². The molecule has 4 N–H and O–H groups in total. The molecule has 0 saturated heterocycles. The normalized spacial score (nSPS) is 10.8. The molecule has 2 heterocycles. The van der Waals surface area contributed by atoms with E-state index in [4.69, 9.17) is 19.0 Å². The summed E-state index contributed by atoms with van der Waals surface area (Å²) >= 11 is 2.52. The lowest BCUT2D eigenvalue weighted by Gasteiger charge is -2.10. The number of hydrogen-bond donors (Lipinski definition) is 4. The maximum Gasteiger partial charge on any atom is 0.227 e. The van der Waals surface area contributed by atoms with Crippen molar-refractivity contribution >= 4 is 35.0 Å². The highest BCUT2D eigenvalue weighted by atomic mass is 32.2. The standard InChI is InChI=1S/C27H27N5O4S2/c1-35-38-26-22(17-28)24(18-5-2-7-20(34)15-18)25(37-26)23-9-11-30-27(32-23)31-19-6-3-8-21(16-19)36-14-4-10-29-12-13-33/h2-3,5-9,11,15-16,29,33-34H,4,10,12-14H2,1H3,(H,30,31,32). The van der Waals surface area contributed by atoms with Crippen LogP contribution in [0.2, 0.25) is 0 Å². The van der Waals surface area contributed by atoms with Gasteiger partial charge >= 0.3 is 0 Å². The fraction of sp³-hybridized carbons (Fsp3) is 0.222. The van der Waals surface area contributed by atoms with E-state index in [0.29, 0.717) is 45.7 Å². The van der Waals surface area contributed by atoms with E-state index in [9.17, 15) is 10.4 Å². The highest BCUT2D eigenvalue weighted by molar-refractivity contribution is 7.96. The molecule has 2 aromatic carbocycles. The predicted molar refractivity (Wildman–Crippen MR) is 150 cm³/mol. The van der Waals surface area contributed by atoms with E-state index < -0.39 is 0 Å². The summed E-state index contributed by atoms with van der Waals surface area (Å²) in [4.78, 5) is 9.87. The highest BCUT2D eigenvalue weighted by Gasteiger charge is 2.23. The van der Waals surface area contributed by atoms with Crippen molar-refractivity contribution in [1.82, 2.24) is 15.3 Å². The van der Waals surface area contributed by atoms with Gasteiger partial charge < -0.3 is 29.8 Å². The van der Waals surface area contributed by atoms with Gasteiger partial charge in [-0.15, -0.1) is 11.3 Å². The van der Waals surface area contributed by atoms with Gasteiger partial charge in [0.15, 0.2) is 0 Å². The number of aliphatic hydroxyl groups is 1. The van der Waals surface area contributed by atoms with Gasteiger partial charge in [0.1, 0.15) is 21.8 Å². The van der Waals surface area contributed by atoms with Crippen LogP contribution in [0.1, 0.15) is 12.0 Å². The molecule has 11 heteroatoms. The summed E-state index contributed by atoms with van der Waals surface area (Å²) in [6.07, 6.45) is 2.48. The summed E-state index contributed by atoms with van der Waals surface area (Å²) in [5.74, 6) is 1.22. The van der Waals surface area contributed by atoms with Crippen molar-refractivity contribution < 1.29 is 19.1 Å². The molecule has 0 aliphatic heterocycles. The van der Waals surface area contributed by atoms with Crippen LogP contribution in [0.5, 0.6) is 11.5 Å². The van der Waals surface area contributed by atoms with Crippen molar-refractivity contribution in [2.24, 2.45) is 0 Å². The maximum atomic E-state index is 10.1. The number of anilines is 2. The highest BCUT2D eigenvalue weighted by Crippen LogP contribution is 2.46. The molecule has 0 bridgehead atoms. The molecule has 0 aliphatic carbocycles. The average Bonchev–Trinajstić information content (AvgIpc) is 3.29. The summed E-state index contributed by atoms with van der Waals surface area (Å²) in [5, 5.41) is 35.2. The molecule has 4 rings (SSSR count). The Labute approximate surface area is 229 Å². The van der Waals surface area contributed by atoms with Crippen LogP contribution < -0.4 is 15.4 Å². The summed E-state index contributed by atoms with van der Waals surface area (Å²) in [6.45, 7) is 2.01. The molecule has 38 heavy (non-hydrogen) atoms. The number of ether oxygens (including phenoxy) is 1. The summed E-state index contributed by atoms with van der Waals surface area (Å²) in [5.41, 5.74) is 3.26. The molecule has 0 spiro atoms. The largest absolute Gasteiger partial charge is 0.508 e. The second-order valence-electron chi connectivity index (χ2n) is 7.97. The molecule has 2 aromatic heterocycles. The quantitative estimate of drug-likeness (QED) is 0.130. The lowest BCUT2D eigenvalue weighted by atomic mass is 10.0. The van der Waals surface area contributed by atoms with Gasteiger partial charge in [-0.25, -0.2) is 9.97 Å². The molecule has 0 radical (unpaired) electrons. The monoisotopic (exact) mass is 549 g/mol. The van der Waals surface area contributed by atoms with Gasteiger partial charge in [0.05, 0.1) is 36.5 Å². The third-order valence-corrected chi connectivity index (χ3v) is 7.30. The van der Waals surface area contributed by atoms with Crippen LogP contribution in [0.25, 0.3) is 21.7 Å². The van der Waals surface area contributed by atoms with Crippen LogP contribution in [-0.4, -0.2) is 53.6 Å². The number of nitrogens with one attached hydrogen (secondary N) is 2. The number of thiophene rings is 1. The molecule has 0 amide bonds. The number of aromatic hydroxyl groups is 1. The van der Waals surface area contributed by atoms with E-state index in [1.807, 2.05) is 30.3 Å². The Kier molecular flexibility index (Phi) is 9.91. The van der Waals surface area contributed by atoms with Gasteiger partial charge in [-0.1, -0.05) is 18.2 Å². The van der Waals surface area contributed by atoms with Crippen LogP contribution >= 0.6 is 23.4 Å². The van der Waals surface area contributed by atoms with Crippen molar-refractivity contribution in [2.75, 3.05) is 38.7 Å². The first-order chi connectivity index (χ1) is 18.6. The van der Waals surface area contributed by atoms with Gasteiger partial charge in [-0.05, 0) is 48.9 Å². The zero-order valence-electron chi connectivity index (χ0n) is 20.7. The molecule has 0 unspecified atom stereocenters. The summed E-state index contributed by atoms with van der Waals surface area (Å²) in [7, 11) is 1.55. The van der Waals surface area contributed by atoms with Crippen LogP contribution in [0.4, 0.5) is 11.6 Å². The van der Waals surface area contributed by atoms with Crippen LogP contribution in [0.3, 0.4) is 0 Å². The maximum absolute atomic E-state index is 10.1. The van der Waals surface area contributed by atoms with E-state index in [-0.39, 0.29) is 12.4 Å². The van der Waals surface area contributed by atoms with E-state index in [1.54, 1.807) is 37.6 Å². The Morgan fingerprint density at radius 2 is 2.00 bits per heavy atom. The number of nitrogens with zero attached hydrogens (tertiary/aromatic N) is 3. The number of phenolic OH excluding ortho intramolecular Hbond substituents is 1. The minimum atomic E-state index is 0.109. The number of aliphatic hydroxyl groups excluding tert-OH is 1. The molecule has 0 saturated carbocycles. The number of aromatic nitrogens is 2. The number of nitriles is 1. The van der Waals surface area contributed by atoms with Gasteiger partial charge in [-0.3, -0.25) is 0 Å². The lowest BCUT2D eigenvalue weighted by molar-refractivity contribution is 0.282. The number of rotatable bonds is 13. The Bertz CT molecular complexity index is 1410. The van der Waals surface area contributed by atoms with Crippen LogP contribution in [0.15, 0.2) is 65.0 Å². The minimum absolute atomic E-state index is 0.109. The van der Waals surface area contributed by atoms with Crippen molar-refractivity contribution in [1.29, 1.82) is 5.26 Å². The first kappa shape index (κ1) is 27.4. The van der Waals surface area contributed by atoms with Crippen molar-refractivity contribution in [3.05, 3.63) is 66.4 Å². The van der Waals surface area contributed by atoms with Gasteiger partial charge in [-0.2, -0.15) is 5.26 Å². The average molecular weight is 550 g/mol. The fourth-order valence-electron chi connectivity index (χ4n) is 3.69.